The highest BCUT2D eigenvalue weighted by Crippen LogP contribution is 2.26. The van der Waals surface area contributed by atoms with Crippen molar-refractivity contribution in [3.63, 3.8) is 0 Å². The molecule has 0 bridgehead atoms. The number of unbranched alkanes of at least 4 members (excludes halogenated alkanes) is 1. The first-order valence-corrected chi connectivity index (χ1v) is 9.21. The lowest BCUT2D eigenvalue weighted by Crippen LogP contribution is -2.51. The van der Waals surface area contributed by atoms with Crippen LogP contribution in [0.3, 0.4) is 0 Å². The van der Waals surface area contributed by atoms with Crippen molar-refractivity contribution in [2.45, 2.75) is 26.2 Å². The zero-order valence-electron chi connectivity index (χ0n) is 14.9. The van der Waals surface area contributed by atoms with E-state index in [-0.39, 0.29) is 11.8 Å². The van der Waals surface area contributed by atoms with E-state index in [0.29, 0.717) is 26.2 Å². The van der Waals surface area contributed by atoms with Crippen LogP contribution < -0.4 is 10.1 Å². The van der Waals surface area contributed by atoms with Crippen molar-refractivity contribution in [1.82, 2.24) is 15.1 Å². The minimum absolute atomic E-state index is 0.0711. The molecule has 2 aliphatic heterocycles. The SMILES string of the molecule is CCCCNC(=O)CN1CCN(C(=O)c2ccc3c(c2)CCO3)CC1. The molecular weight excluding hydrogens is 318 g/mol. The number of rotatable bonds is 6. The molecule has 2 amide bonds. The lowest BCUT2D eigenvalue weighted by atomic mass is 10.1. The summed E-state index contributed by atoms with van der Waals surface area (Å²) in [5, 5.41) is 2.94. The fraction of sp³-hybridized carbons (Fsp3) is 0.579. The van der Waals surface area contributed by atoms with Crippen molar-refractivity contribution >= 4 is 11.8 Å². The summed E-state index contributed by atoms with van der Waals surface area (Å²) < 4.78 is 5.50. The lowest BCUT2D eigenvalue weighted by Gasteiger charge is -2.34. The maximum absolute atomic E-state index is 12.7. The Kier molecular flexibility index (Phi) is 5.91. The summed E-state index contributed by atoms with van der Waals surface area (Å²) >= 11 is 0. The fourth-order valence-electron chi connectivity index (χ4n) is 3.27. The van der Waals surface area contributed by atoms with Crippen LogP contribution in [0.1, 0.15) is 35.7 Å². The molecular formula is C19H27N3O3. The molecule has 0 spiro atoms. The van der Waals surface area contributed by atoms with Gasteiger partial charge in [0.25, 0.3) is 5.91 Å². The smallest absolute Gasteiger partial charge is 0.253 e. The number of piperazine rings is 1. The van der Waals surface area contributed by atoms with Gasteiger partial charge in [-0.25, -0.2) is 0 Å². The average molecular weight is 345 g/mol. The Morgan fingerprint density at radius 2 is 2.00 bits per heavy atom. The number of carbonyl (C=O) groups is 2. The van der Waals surface area contributed by atoms with Crippen molar-refractivity contribution in [2.75, 3.05) is 45.9 Å². The highest BCUT2D eigenvalue weighted by atomic mass is 16.5. The fourth-order valence-corrected chi connectivity index (χ4v) is 3.27. The summed E-state index contributed by atoms with van der Waals surface area (Å²) in [6, 6.07) is 5.70. The quantitative estimate of drug-likeness (QED) is 0.790. The van der Waals surface area contributed by atoms with E-state index in [4.69, 9.17) is 4.74 Å². The number of nitrogens with one attached hydrogen (secondary N) is 1. The molecule has 2 heterocycles. The molecule has 3 rings (SSSR count). The molecule has 1 fully saturated rings. The van der Waals surface area contributed by atoms with Gasteiger partial charge in [-0.3, -0.25) is 14.5 Å². The minimum atomic E-state index is 0.0711. The van der Waals surface area contributed by atoms with Gasteiger partial charge in [0.1, 0.15) is 5.75 Å². The Hall–Kier alpha value is -2.08. The molecule has 0 atom stereocenters. The highest BCUT2D eigenvalue weighted by molar-refractivity contribution is 5.94. The van der Waals surface area contributed by atoms with E-state index >= 15 is 0 Å². The van der Waals surface area contributed by atoms with Gasteiger partial charge in [0, 0.05) is 44.7 Å². The van der Waals surface area contributed by atoms with E-state index in [1.807, 2.05) is 23.1 Å². The van der Waals surface area contributed by atoms with Gasteiger partial charge < -0.3 is 15.0 Å². The van der Waals surface area contributed by atoms with Crippen LogP contribution in [0.4, 0.5) is 0 Å². The van der Waals surface area contributed by atoms with Gasteiger partial charge in [-0.1, -0.05) is 13.3 Å². The standard InChI is InChI=1S/C19H27N3O3/c1-2-3-7-20-18(23)14-21-8-10-22(11-9-21)19(24)16-4-5-17-15(13-16)6-12-25-17/h4-5,13H,2-3,6-12,14H2,1H3,(H,20,23). The first kappa shape index (κ1) is 17.7. The third-order valence-corrected chi connectivity index (χ3v) is 4.82. The monoisotopic (exact) mass is 345 g/mol. The van der Waals surface area contributed by atoms with E-state index < -0.39 is 0 Å². The van der Waals surface area contributed by atoms with Crippen molar-refractivity contribution in [3.05, 3.63) is 29.3 Å². The summed E-state index contributed by atoms with van der Waals surface area (Å²) in [7, 11) is 0. The molecule has 136 valence electrons. The van der Waals surface area contributed by atoms with Crippen LogP contribution in [0.15, 0.2) is 18.2 Å². The minimum Gasteiger partial charge on any atom is -0.493 e. The second-order valence-electron chi connectivity index (χ2n) is 6.69. The van der Waals surface area contributed by atoms with Crippen LogP contribution in [-0.4, -0.2) is 67.5 Å². The first-order valence-electron chi connectivity index (χ1n) is 9.21. The maximum atomic E-state index is 12.7. The summed E-state index contributed by atoms with van der Waals surface area (Å²) in [5.41, 5.74) is 1.85. The second kappa shape index (κ2) is 8.34. The van der Waals surface area contributed by atoms with Crippen LogP contribution in [0.2, 0.25) is 0 Å². The first-order chi connectivity index (χ1) is 12.2. The van der Waals surface area contributed by atoms with Gasteiger partial charge in [0.2, 0.25) is 5.91 Å². The number of fused-ring (bicyclic) bond motifs is 1. The molecule has 2 aliphatic rings. The van der Waals surface area contributed by atoms with Crippen LogP contribution >= 0.6 is 0 Å². The van der Waals surface area contributed by atoms with Gasteiger partial charge >= 0.3 is 0 Å². The molecule has 6 heteroatoms. The van der Waals surface area contributed by atoms with E-state index in [1.54, 1.807) is 0 Å². The number of hydrogen-bond acceptors (Lipinski definition) is 4. The third-order valence-electron chi connectivity index (χ3n) is 4.82. The topological polar surface area (TPSA) is 61.9 Å². The van der Waals surface area contributed by atoms with Crippen LogP contribution in [0.5, 0.6) is 5.75 Å². The lowest BCUT2D eigenvalue weighted by molar-refractivity contribution is -0.122. The van der Waals surface area contributed by atoms with Gasteiger partial charge in [-0.05, 0) is 30.2 Å². The van der Waals surface area contributed by atoms with Gasteiger partial charge in [0.05, 0.1) is 13.2 Å². The summed E-state index contributed by atoms with van der Waals surface area (Å²) in [6.07, 6.45) is 2.97. The third kappa shape index (κ3) is 4.51. The molecule has 1 saturated heterocycles. The van der Waals surface area contributed by atoms with E-state index in [2.05, 4.69) is 17.1 Å². The molecule has 0 aromatic heterocycles. The van der Waals surface area contributed by atoms with E-state index in [1.165, 1.54) is 0 Å². The molecule has 0 unspecified atom stereocenters. The molecule has 6 nitrogen and oxygen atoms in total. The maximum Gasteiger partial charge on any atom is 0.253 e. The van der Waals surface area contributed by atoms with Crippen LogP contribution in [0.25, 0.3) is 0 Å². The highest BCUT2D eigenvalue weighted by Gasteiger charge is 2.24. The Bertz CT molecular complexity index is 624. The Morgan fingerprint density at radius 3 is 2.76 bits per heavy atom. The van der Waals surface area contributed by atoms with Crippen LogP contribution in [-0.2, 0) is 11.2 Å². The summed E-state index contributed by atoms with van der Waals surface area (Å²) in [5.74, 6) is 1.05. The Morgan fingerprint density at radius 1 is 1.20 bits per heavy atom. The van der Waals surface area contributed by atoms with Crippen molar-refractivity contribution in [2.24, 2.45) is 0 Å². The zero-order valence-corrected chi connectivity index (χ0v) is 14.9. The molecule has 1 N–H and O–H groups in total. The molecule has 25 heavy (non-hydrogen) atoms. The second-order valence-corrected chi connectivity index (χ2v) is 6.69. The van der Waals surface area contributed by atoms with Crippen molar-refractivity contribution < 1.29 is 14.3 Å². The van der Waals surface area contributed by atoms with Crippen molar-refractivity contribution in [1.29, 1.82) is 0 Å². The summed E-state index contributed by atoms with van der Waals surface area (Å²) in [6.45, 7) is 6.77. The Labute approximate surface area is 149 Å². The van der Waals surface area contributed by atoms with Gasteiger partial charge in [-0.15, -0.1) is 0 Å². The average Bonchev–Trinajstić information content (AvgIpc) is 3.09. The van der Waals surface area contributed by atoms with Crippen molar-refractivity contribution in [3.8, 4) is 5.75 Å². The predicted molar refractivity (Wildman–Crippen MR) is 95.9 cm³/mol. The molecule has 0 radical (unpaired) electrons. The van der Waals surface area contributed by atoms with Gasteiger partial charge in [-0.2, -0.15) is 0 Å². The number of hydrogen-bond donors (Lipinski definition) is 1. The molecule has 1 aromatic carbocycles. The number of amides is 2. The van der Waals surface area contributed by atoms with E-state index in [9.17, 15) is 9.59 Å². The van der Waals surface area contributed by atoms with Gasteiger partial charge in [0.15, 0.2) is 0 Å². The molecule has 0 aliphatic carbocycles. The normalized spacial score (nSPS) is 17.1. The molecule has 1 aromatic rings. The van der Waals surface area contributed by atoms with Crippen LogP contribution in [0, 0.1) is 0 Å². The zero-order chi connectivity index (χ0) is 17.6. The van der Waals surface area contributed by atoms with E-state index in [0.717, 1.165) is 55.8 Å². The number of benzene rings is 1. The number of ether oxygens (including phenoxy) is 1. The largest absolute Gasteiger partial charge is 0.493 e. The number of carbonyl (C=O) groups excluding carboxylic acids is 2. The predicted octanol–water partition coefficient (Wildman–Crippen LogP) is 1.30. The number of nitrogens with zero attached hydrogens (tertiary/aromatic N) is 2. The summed E-state index contributed by atoms with van der Waals surface area (Å²) in [4.78, 5) is 28.6. The Balaban J connectivity index is 1.47. The molecule has 0 saturated carbocycles.